The summed E-state index contributed by atoms with van der Waals surface area (Å²) in [6, 6.07) is 11.4. The molecule has 164 valence electrons. The number of aryl methyl sites for hydroxylation is 2. The summed E-state index contributed by atoms with van der Waals surface area (Å²) in [6.07, 6.45) is 0.592. The van der Waals surface area contributed by atoms with Gasteiger partial charge in [-0.15, -0.1) is 0 Å². The molecule has 2 saturated heterocycles. The Bertz CT molecular complexity index is 1080. The van der Waals surface area contributed by atoms with Crippen molar-refractivity contribution in [2.24, 2.45) is 0 Å². The molecule has 0 spiro atoms. The number of hydrogen-bond acceptors (Lipinski definition) is 7. The van der Waals surface area contributed by atoms with Crippen molar-refractivity contribution >= 4 is 20.2 Å². The van der Waals surface area contributed by atoms with Crippen LogP contribution in [0.1, 0.15) is 16.7 Å². The summed E-state index contributed by atoms with van der Waals surface area (Å²) < 4.78 is 69.1. The van der Waals surface area contributed by atoms with Gasteiger partial charge in [0.1, 0.15) is 6.10 Å². The van der Waals surface area contributed by atoms with Crippen LogP contribution in [0.4, 0.5) is 0 Å². The fraction of sp³-hybridized carbons (Fsp3) is 0.400. The molecule has 2 aromatic rings. The Morgan fingerprint density at radius 2 is 1.50 bits per heavy atom. The van der Waals surface area contributed by atoms with Gasteiger partial charge in [-0.2, -0.15) is 16.8 Å². The van der Waals surface area contributed by atoms with Crippen molar-refractivity contribution in [2.75, 3.05) is 19.8 Å². The molecule has 2 heterocycles. The van der Waals surface area contributed by atoms with E-state index in [1.54, 1.807) is 36.4 Å². The second-order valence-corrected chi connectivity index (χ2v) is 10.3. The van der Waals surface area contributed by atoms with Crippen LogP contribution in [0.25, 0.3) is 0 Å². The predicted molar refractivity (Wildman–Crippen MR) is 108 cm³/mol. The first kappa shape index (κ1) is 22.9. The largest absolute Gasteiger partial charge is 0.373 e. The SMILES string of the molecule is Cc1ccc(S(=O)(=O)O)c(CC2CO2)c1.Cc1ccc(S(=O)(=O)OCC2CO2)cc1. The van der Waals surface area contributed by atoms with Gasteiger partial charge in [0.2, 0.25) is 0 Å². The smallest absolute Gasteiger partial charge is 0.297 e. The van der Waals surface area contributed by atoms with E-state index in [2.05, 4.69) is 0 Å². The second-order valence-electron chi connectivity index (χ2n) is 7.25. The van der Waals surface area contributed by atoms with E-state index in [-0.39, 0.29) is 28.6 Å². The molecule has 0 aromatic heterocycles. The number of ether oxygens (including phenoxy) is 2. The molecule has 0 saturated carbocycles. The lowest BCUT2D eigenvalue weighted by molar-refractivity contribution is 0.266. The van der Waals surface area contributed by atoms with Crippen molar-refractivity contribution in [3.8, 4) is 0 Å². The van der Waals surface area contributed by atoms with E-state index in [1.807, 2.05) is 13.8 Å². The molecule has 8 nitrogen and oxygen atoms in total. The molecule has 0 aliphatic carbocycles. The first-order chi connectivity index (χ1) is 14.0. The molecule has 1 N–H and O–H groups in total. The van der Waals surface area contributed by atoms with Crippen LogP contribution in [0.3, 0.4) is 0 Å². The van der Waals surface area contributed by atoms with E-state index < -0.39 is 20.2 Å². The third-order valence-corrected chi connectivity index (χ3v) is 6.71. The molecule has 10 heteroatoms. The van der Waals surface area contributed by atoms with Crippen LogP contribution >= 0.6 is 0 Å². The Kier molecular flexibility index (Phi) is 6.95. The highest BCUT2D eigenvalue weighted by atomic mass is 32.2. The normalized spacial score (nSPS) is 20.2. The quantitative estimate of drug-likeness (QED) is 0.382. The molecule has 2 unspecified atom stereocenters. The lowest BCUT2D eigenvalue weighted by Crippen LogP contribution is -2.10. The standard InChI is InChI=1S/2C10H12O4S/c1-8-2-4-10(5-3-8)15(11,12)14-7-9-6-13-9;1-7-2-3-10(15(11,12)13)8(4-7)5-9-6-14-9/h2-5,9H,6-7H2,1H3;2-4,9H,5-6H2,1H3,(H,11,12,13). The Labute approximate surface area is 176 Å². The van der Waals surface area contributed by atoms with Crippen LogP contribution in [-0.4, -0.2) is 53.4 Å². The van der Waals surface area contributed by atoms with Crippen molar-refractivity contribution in [1.82, 2.24) is 0 Å². The third-order valence-electron chi connectivity index (χ3n) is 4.46. The van der Waals surface area contributed by atoms with Gasteiger partial charge in [0.05, 0.1) is 35.7 Å². The lowest BCUT2D eigenvalue weighted by Gasteiger charge is -2.06. The zero-order chi connectivity index (χ0) is 21.9. The molecule has 0 amide bonds. The van der Waals surface area contributed by atoms with Gasteiger partial charge >= 0.3 is 0 Å². The van der Waals surface area contributed by atoms with Crippen molar-refractivity contribution in [3.05, 3.63) is 59.2 Å². The Hall–Kier alpha value is -1.82. The van der Waals surface area contributed by atoms with Gasteiger partial charge in [-0.3, -0.25) is 8.74 Å². The van der Waals surface area contributed by atoms with Gasteiger partial charge in [0, 0.05) is 6.42 Å². The van der Waals surface area contributed by atoms with E-state index >= 15 is 0 Å². The maximum Gasteiger partial charge on any atom is 0.297 e. The van der Waals surface area contributed by atoms with Crippen LogP contribution in [0.5, 0.6) is 0 Å². The Morgan fingerprint density at radius 1 is 0.933 bits per heavy atom. The van der Waals surface area contributed by atoms with E-state index in [0.717, 1.165) is 11.1 Å². The monoisotopic (exact) mass is 456 g/mol. The molecular weight excluding hydrogens is 432 g/mol. The van der Waals surface area contributed by atoms with Crippen LogP contribution in [0.2, 0.25) is 0 Å². The third kappa shape index (κ3) is 6.86. The van der Waals surface area contributed by atoms with E-state index in [4.69, 9.17) is 18.2 Å². The number of rotatable bonds is 7. The van der Waals surface area contributed by atoms with Gasteiger partial charge in [0.15, 0.2) is 0 Å². The fourth-order valence-corrected chi connectivity index (χ4v) is 4.30. The number of epoxide rings is 2. The number of benzene rings is 2. The van der Waals surface area contributed by atoms with Crippen molar-refractivity contribution in [3.63, 3.8) is 0 Å². The average Bonchev–Trinajstić information content (AvgIpc) is 3.56. The van der Waals surface area contributed by atoms with Gasteiger partial charge in [0.25, 0.3) is 20.2 Å². The minimum absolute atomic E-state index is 0.0106. The molecular formula is C20H24O8S2. The van der Waals surface area contributed by atoms with Gasteiger partial charge < -0.3 is 9.47 Å². The molecule has 2 aliphatic heterocycles. The van der Waals surface area contributed by atoms with E-state index in [1.165, 1.54) is 6.07 Å². The summed E-state index contributed by atoms with van der Waals surface area (Å²) in [5, 5.41) is 0. The first-order valence-corrected chi connectivity index (χ1v) is 12.2. The summed E-state index contributed by atoms with van der Waals surface area (Å²) in [5.41, 5.74) is 2.61. The maximum absolute atomic E-state index is 11.6. The highest BCUT2D eigenvalue weighted by molar-refractivity contribution is 7.86. The van der Waals surface area contributed by atoms with Gasteiger partial charge in [-0.05, 0) is 37.6 Å². The molecule has 2 atom stereocenters. The Balaban J connectivity index is 0.000000171. The first-order valence-electron chi connectivity index (χ1n) is 9.31. The molecule has 2 aliphatic rings. The Morgan fingerprint density at radius 3 is 2.03 bits per heavy atom. The van der Waals surface area contributed by atoms with Crippen LogP contribution in [0, 0.1) is 13.8 Å². The van der Waals surface area contributed by atoms with Crippen LogP contribution in [0.15, 0.2) is 52.3 Å². The molecule has 30 heavy (non-hydrogen) atoms. The van der Waals surface area contributed by atoms with Gasteiger partial charge in [-0.25, -0.2) is 0 Å². The predicted octanol–water partition coefficient (Wildman–Crippen LogP) is 2.28. The molecule has 0 bridgehead atoms. The summed E-state index contributed by atoms with van der Waals surface area (Å²) in [7, 11) is -7.74. The van der Waals surface area contributed by atoms with Crippen molar-refractivity contribution in [2.45, 2.75) is 42.3 Å². The maximum atomic E-state index is 11.6. The molecule has 4 rings (SSSR count). The van der Waals surface area contributed by atoms with Gasteiger partial charge in [-0.1, -0.05) is 35.4 Å². The zero-order valence-corrected chi connectivity index (χ0v) is 18.3. The molecule has 2 aromatic carbocycles. The highest BCUT2D eigenvalue weighted by Gasteiger charge is 2.27. The second kappa shape index (κ2) is 9.13. The van der Waals surface area contributed by atoms with E-state index in [9.17, 15) is 16.8 Å². The van der Waals surface area contributed by atoms with Crippen molar-refractivity contribution in [1.29, 1.82) is 0 Å². The van der Waals surface area contributed by atoms with Crippen LogP contribution in [-0.2, 0) is 40.3 Å². The average molecular weight is 457 g/mol. The summed E-state index contributed by atoms with van der Waals surface area (Å²) in [6.45, 7) is 5.14. The minimum Gasteiger partial charge on any atom is -0.373 e. The zero-order valence-electron chi connectivity index (χ0n) is 16.6. The van der Waals surface area contributed by atoms with E-state index in [0.29, 0.717) is 25.2 Å². The molecule has 2 fully saturated rings. The lowest BCUT2D eigenvalue weighted by atomic mass is 10.1. The summed E-state index contributed by atoms with van der Waals surface area (Å²) >= 11 is 0. The summed E-state index contributed by atoms with van der Waals surface area (Å²) in [5.74, 6) is 0. The van der Waals surface area contributed by atoms with Crippen LogP contribution < -0.4 is 0 Å². The fourth-order valence-electron chi connectivity index (χ4n) is 2.65. The highest BCUT2D eigenvalue weighted by Crippen LogP contribution is 2.23. The summed E-state index contributed by atoms with van der Waals surface area (Å²) in [4.78, 5) is 0.178. The van der Waals surface area contributed by atoms with Crippen molar-refractivity contribution < 1.29 is 35.0 Å². The topological polar surface area (TPSA) is 123 Å². The molecule has 0 radical (unpaired) electrons. The minimum atomic E-state index is -4.12. The number of hydrogen-bond donors (Lipinski definition) is 1.